The van der Waals surface area contributed by atoms with Crippen LogP contribution in [-0.2, 0) is 0 Å². The maximum Gasteiger partial charge on any atom is 0.194 e. The van der Waals surface area contributed by atoms with Crippen molar-refractivity contribution in [2.75, 3.05) is 0 Å². The monoisotopic (exact) mass is 492 g/mol. The van der Waals surface area contributed by atoms with Gasteiger partial charge in [-0.1, -0.05) is 80.4 Å². The average Bonchev–Trinajstić information content (AvgIpc) is 2.72. The van der Waals surface area contributed by atoms with E-state index in [1.807, 2.05) is 60.7 Å². The number of ketones is 2. The molecule has 4 rings (SSSR count). The van der Waals surface area contributed by atoms with Gasteiger partial charge >= 0.3 is 0 Å². The molecule has 0 N–H and O–H groups in total. The molecule has 0 amide bonds. The van der Waals surface area contributed by atoms with E-state index in [1.54, 1.807) is 24.3 Å². The van der Waals surface area contributed by atoms with E-state index in [1.165, 1.54) is 0 Å². The maximum atomic E-state index is 12.8. The summed E-state index contributed by atoms with van der Waals surface area (Å²) in [6.07, 6.45) is 0. The molecule has 0 radical (unpaired) electrons. The van der Waals surface area contributed by atoms with Crippen LogP contribution in [0.15, 0.2) is 93.9 Å². The summed E-state index contributed by atoms with van der Waals surface area (Å²) >= 11 is 6.87. The lowest BCUT2D eigenvalue weighted by Gasteiger charge is -2.08. The summed E-state index contributed by atoms with van der Waals surface area (Å²) in [6.45, 7) is 0. The van der Waals surface area contributed by atoms with Crippen LogP contribution in [0, 0.1) is 0 Å². The second kappa shape index (κ2) is 7.82. The standard InChI is InChI=1S/C24H14Br2O2/c25-21-7-3-1-5-19(21)23(27)17-11-9-16-14-18(12-10-15(16)13-17)24(28)20-6-2-4-8-22(20)26/h1-14H. The number of hydrogen-bond donors (Lipinski definition) is 0. The van der Waals surface area contributed by atoms with E-state index in [4.69, 9.17) is 0 Å². The second-order valence-electron chi connectivity index (χ2n) is 6.39. The Bertz CT molecular complexity index is 1130. The first-order chi connectivity index (χ1) is 13.5. The van der Waals surface area contributed by atoms with Gasteiger partial charge in [-0.05, 0) is 47.2 Å². The second-order valence-corrected chi connectivity index (χ2v) is 8.10. The molecule has 0 saturated carbocycles. The molecule has 0 saturated heterocycles. The minimum Gasteiger partial charge on any atom is -0.289 e. The Morgan fingerprint density at radius 3 is 1.32 bits per heavy atom. The van der Waals surface area contributed by atoms with Crippen molar-refractivity contribution in [2.45, 2.75) is 0 Å². The fourth-order valence-corrected chi connectivity index (χ4v) is 4.06. The zero-order chi connectivity index (χ0) is 19.7. The molecule has 0 aliphatic heterocycles. The van der Waals surface area contributed by atoms with E-state index in [2.05, 4.69) is 31.9 Å². The molecular formula is C24H14Br2O2. The molecule has 4 aromatic rings. The highest BCUT2D eigenvalue weighted by Gasteiger charge is 2.15. The molecule has 2 nitrogen and oxygen atoms in total. The largest absolute Gasteiger partial charge is 0.289 e. The Morgan fingerprint density at radius 2 is 0.929 bits per heavy atom. The SMILES string of the molecule is O=C(c1ccc2cc(C(=O)c3ccccc3Br)ccc2c1)c1ccccc1Br. The van der Waals surface area contributed by atoms with Crippen molar-refractivity contribution in [3.05, 3.63) is 116 Å². The molecule has 0 aliphatic carbocycles. The van der Waals surface area contributed by atoms with Crippen molar-refractivity contribution in [3.8, 4) is 0 Å². The molecule has 0 fully saturated rings. The summed E-state index contributed by atoms with van der Waals surface area (Å²) < 4.78 is 1.55. The first kappa shape index (κ1) is 18.8. The number of carbonyl (C=O) groups excluding carboxylic acids is 2. The smallest absolute Gasteiger partial charge is 0.194 e. The predicted octanol–water partition coefficient (Wildman–Crippen LogP) is 6.83. The maximum absolute atomic E-state index is 12.8. The first-order valence-electron chi connectivity index (χ1n) is 8.67. The number of fused-ring (bicyclic) bond motifs is 1. The predicted molar refractivity (Wildman–Crippen MR) is 119 cm³/mol. The highest BCUT2D eigenvalue weighted by molar-refractivity contribution is 9.10. The van der Waals surface area contributed by atoms with Crippen molar-refractivity contribution in [2.24, 2.45) is 0 Å². The summed E-state index contributed by atoms with van der Waals surface area (Å²) in [7, 11) is 0. The van der Waals surface area contributed by atoms with Gasteiger partial charge < -0.3 is 0 Å². The highest BCUT2D eigenvalue weighted by atomic mass is 79.9. The van der Waals surface area contributed by atoms with Gasteiger partial charge in [0.05, 0.1) is 0 Å². The number of benzene rings is 4. The van der Waals surface area contributed by atoms with Crippen molar-refractivity contribution < 1.29 is 9.59 Å². The summed E-state index contributed by atoms with van der Waals surface area (Å²) in [5.74, 6) is -0.0783. The van der Waals surface area contributed by atoms with Crippen LogP contribution in [0.5, 0.6) is 0 Å². The van der Waals surface area contributed by atoms with Crippen LogP contribution in [0.25, 0.3) is 10.8 Å². The van der Waals surface area contributed by atoms with Gasteiger partial charge in [-0.2, -0.15) is 0 Å². The lowest BCUT2D eigenvalue weighted by molar-refractivity contribution is 0.103. The zero-order valence-electron chi connectivity index (χ0n) is 14.7. The summed E-state index contributed by atoms with van der Waals surface area (Å²) in [4.78, 5) is 25.6. The lowest BCUT2D eigenvalue weighted by Crippen LogP contribution is -2.03. The van der Waals surface area contributed by atoms with Crippen LogP contribution in [0.1, 0.15) is 31.8 Å². The van der Waals surface area contributed by atoms with E-state index in [0.29, 0.717) is 22.3 Å². The Labute approximate surface area is 179 Å². The number of rotatable bonds is 4. The Balaban J connectivity index is 1.70. The van der Waals surface area contributed by atoms with Gasteiger partial charge in [0.1, 0.15) is 0 Å². The van der Waals surface area contributed by atoms with Crippen molar-refractivity contribution in [1.82, 2.24) is 0 Å². The van der Waals surface area contributed by atoms with E-state index < -0.39 is 0 Å². The molecule has 4 aromatic carbocycles. The Morgan fingerprint density at radius 1 is 0.536 bits per heavy atom. The first-order valence-corrected chi connectivity index (χ1v) is 10.3. The van der Waals surface area contributed by atoms with Crippen molar-refractivity contribution >= 4 is 54.2 Å². The molecule has 0 heterocycles. The third kappa shape index (κ3) is 3.58. The molecular weight excluding hydrogens is 480 g/mol. The topological polar surface area (TPSA) is 34.1 Å². The minimum absolute atomic E-state index is 0.0391. The van der Waals surface area contributed by atoms with Gasteiger partial charge in [-0.15, -0.1) is 0 Å². The Kier molecular flexibility index (Phi) is 5.25. The van der Waals surface area contributed by atoms with Gasteiger partial charge in [0.15, 0.2) is 11.6 Å². The van der Waals surface area contributed by atoms with Crippen LogP contribution in [0.4, 0.5) is 0 Å². The van der Waals surface area contributed by atoms with Gasteiger partial charge in [0, 0.05) is 31.2 Å². The summed E-state index contributed by atoms with van der Waals surface area (Å²) in [5.41, 5.74) is 2.48. The van der Waals surface area contributed by atoms with E-state index in [-0.39, 0.29) is 11.6 Å². The fraction of sp³-hybridized carbons (Fsp3) is 0. The molecule has 0 aromatic heterocycles. The Hall–Kier alpha value is -2.56. The van der Waals surface area contributed by atoms with E-state index in [9.17, 15) is 9.59 Å². The van der Waals surface area contributed by atoms with Crippen molar-refractivity contribution in [1.29, 1.82) is 0 Å². The zero-order valence-corrected chi connectivity index (χ0v) is 17.8. The molecule has 4 heteroatoms. The van der Waals surface area contributed by atoms with Gasteiger partial charge in [-0.25, -0.2) is 0 Å². The molecule has 0 aliphatic rings. The molecule has 0 bridgehead atoms. The van der Waals surface area contributed by atoms with Gasteiger partial charge in [0.25, 0.3) is 0 Å². The molecule has 0 unspecified atom stereocenters. The molecule has 28 heavy (non-hydrogen) atoms. The third-order valence-electron chi connectivity index (χ3n) is 4.60. The number of halogens is 2. The lowest BCUT2D eigenvalue weighted by atomic mass is 9.97. The van der Waals surface area contributed by atoms with E-state index in [0.717, 1.165) is 19.7 Å². The normalized spacial score (nSPS) is 10.8. The van der Waals surface area contributed by atoms with Crippen LogP contribution < -0.4 is 0 Å². The van der Waals surface area contributed by atoms with Gasteiger partial charge in [-0.3, -0.25) is 9.59 Å². The van der Waals surface area contributed by atoms with E-state index >= 15 is 0 Å². The van der Waals surface area contributed by atoms with Crippen LogP contribution in [-0.4, -0.2) is 11.6 Å². The van der Waals surface area contributed by atoms with Crippen LogP contribution >= 0.6 is 31.9 Å². The number of carbonyl (C=O) groups is 2. The quantitative estimate of drug-likeness (QED) is 0.292. The van der Waals surface area contributed by atoms with Crippen LogP contribution in [0.2, 0.25) is 0 Å². The van der Waals surface area contributed by atoms with Gasteiger partial charge in [0.2, 0.25) is 0 Å². The minimum atomic E-state index is -0.0391. The highest BCUT2D eigenvalue weighted by Crippen LogP contribution is 2.25. The van der Waals surface area contributed by atoms with Crippen molar-refractivity contribution in [3.63, 3.8) is 0 Å². The molecule has 0 atom stereocenters. The summed E-state index contributed by atoms with van der Waals surface area (Å²) in [6, 6.07) is 25.9. The summed E-state index contributed by atoms with van der Waals surface area (Å²) in [5, 5.41) is 1.84. The van der Waals surface area contributed by atoms with Crippen LogP contribution in [0.3, 0.4) is 0 Å². The third-order valence-corrected chi connectivity index (χ3v) is 5.98. The number of hydrogen-bond acceptors (Lipinski definition) is 2. The average molecular weight is 494 g/mol. The fourth-order valence-electron chi connectivity index (χ4n) is 3.13. The molecule has 136 valence electrons. The molecule has 0 spiro atoms.